The summed E-state index contributed by atoms with van der Waals surface area (Å²) >= 11 is 0. The fraction of sp³-hybridized carbons (Fsp3) is 0.562. The molecule has 0 aromatic heterocycles. The first kappa shape index (κ1) is 16.5. The Bertz CT molecular complexity index is 453. The highest BCUT2D eigenvalue weighted by atomic mass is 16.5. The van der Waals surface area contributed by atoms with E-state index in [2.05, 4.69) is 42.3 Å². The van der Waals surface area contributed by atoms with E-state index in [1.54, 1.807) is 7.05 Å². The van der Waals surface area contributed by atoms with Gasteiger partial charge in [-0.3, -0.25) is 4.79 Å². The lowest BCUT2D eigenvalue weighted by molar-refractivity contribution is -0.147. The van der Waals surface area contributed by atoms with Crippen molar-refractivity contribution in [2.45, 2.75) is 32.7 Å². The summed E-state index contributed by atoms with van der Waals surface area (Å²) < 4.78 is 4.86. The lowest BCUT2D eigenvalue weighted by Crippen LogP contribution is -2.50. The third kappa shape index (κ3) is 3.97. The molecule has 20 heavy (non-hydrogen) atoms. The van der Waals surface area contributed by atoms with Crippen LogP contribution in [0.15, 0.2) is 18.2 Å². The standard InChI is InChI=1S/C16H26N2O2/c1-12-9-13(2)11-14(10-12)18(5)8-7-16(3,17-4)15(19)20-6/h9-11,17H,7-8H2,1-6H3. The first-order chi connectivity index (χ1) is 9.32. The van der Waals surface area contributed by atoms with Crippen molar-refractivity contribution in [3.05, 3.63) is 29.3 Å². The van der Waals surface area contributed by atoms with E-state index in [1.165, 1.54) is 23.9 Å². The number of benzene rings is 1. The molecule has 0 amide bonds. The summed E-state index contributed by atoms with van der Waals surface area (Å²) in [6.45, 7) is 6.83. The van der Waals surface area contributed by atoms with Crippen molar-refractivity contribution in [2.24, 2.45) is 0 Å². The van der Waals surface area contributed by atoms with Crippen LogP contribution < -0.4 is 10.2 Å². The monoisotopic (exact) mass is 278 g/mol. The van der Waals surface area contributed by atoms with Gasteiger partial charge in [0.15, 0.2) is 0 Å². The lowest BCUT2D eigenvalue weighted by atomic mass is 9.98. The van der Waals surface area contributed by atoms with E-state index in [1.807, 2.05) is 14.0 Å². The summed E-state index contributed by atoms with van der Waals surface area (Å²) in [4.78, 5) is 14.0. The zero-order valence-corrected chi connectivity index (χ0v) is 13.4. The predicted octanol–water partition coefficient (Wildman–Crippen LogP) is 2.28. The molecule has 0 aliphatic heterocycles. The van der Waals surface area contributed by atoms with Gasteiger partial charge in [0, 0.05) is 19.3 Å². The minimum Gasteiger partial charge on any atom is -0.468 e. The van der Waals surface area contributed by atoms with E-state index in [0.29, 0.717) is 6.42 Å². The van der Waals surface area contributed by atoms with Crippen molar-refractivity contribution < 1.29 is 9.53 Å². The fourth-order valence-corrected chi connectivity index (χ4v) is 2.25. The first-order valence-electron chi connectivity index (χ1n) is 6.89. The van der Waals surface area contributed by atoms with Crippen LogP contribution in [0.1, 0.15) is 24.5 Å². The number of hydrogen-bond acceptors (Lipinski definition) is 4. The molecule has 0 bridgehead atoms. The molecule has 0 saturated carbocycles. The third-order valence-electron chi connectivity index (χ3n) is 3.78. The Morgan fingerprint density at radius 3 is 2.30 bits per heavy atom. The van der Waals surface area contributed by atoms with Crippen LogP contribution >= 0.6 is 0 Å². The summed E-state index contributed by atoms with van der Waals surface area (Å²) in [7, 11) is 5.25. The molecule has 1 aromatic carbocycles. The number of methoxy groups -OCH3 is 1. The summed E-state index contributed by atoms with van der Waals surface area (Å²) in [6, 6.07) is 6.47. The highest BCUT2D eigenvalue weighted by Crippen LogP contribution is 2.19. The maximum atomic E-state index is 11.8. The second-order valence-electron chi connectivity index (χ2n) is 5.59. The van der Waals surface area contributed by atoms with Crippen LogP contribution in [0.5, 0.6) is 0 Å². The lowest BCUT2D eigenvalue weighted by Gasteiger charge is -2.29. The molecule has 1 N–H and O–H groups in total. The molecular weight excluding hydrogens is 252 g/mol. The largest absolute Gasteiger partial charge is 0.468 e. The number of carbonyl (C=O) groups excluding carboxylic acids is 1. The minimum absolute atomic E-state index is 0.228. The van der Waals surface area contributed by atoms with Gasteiger partial charge in [-0.05, 0) is 57.5 Å². The second kappa shape index (κ2) is 6.75. The number of hydrogen-bond donors (Lipinski definition) is 1. The van der Waals surface area contributed by atoms with Crippen LogP contribution in [0.4, 0.5) is 5.69 Å². The van der Waals surface area contributed by atoms with Gasteiger partial charge in [-0.2, -0.15) is 0 Å². The van der Waals surface area contributed by atoms with Gasteiger partial charge in [0.25, 0.3) is 0 Å². The van der Waals surface area contributed by atoms with Gasteiger partial charge in [0.05, 0.1) is 7.11 Å². The van der Waals surface area contributed by atoms with Crippen molar-refractivity contribution in [3.63, 3.8) is 0 Å². The smallest absolute Gasteiger partial charge is 0.325 e. The molecule has 112 valence electrons. The van der Waals surface area contributed by atoms with E-state index < -0.39 is 5.54 Å². The van der Waals surface area contributed by atoms with E-state index in [-0.39, 0.29) is 5.97 Å². The molecule has 1 unspecified atom stereocenters. The topological polar surface area (TPSA) is 41.6 Å². The quantitative estimate of drug-likeness (QED) is 0.811. The van der Waals surface area contributed by atoms with Gasteiger partial charge in [-0.25, -0.2) is 0 Å². The number of aryl methyl sites for hydroxylation is 2. The number of nitrogens with zero attached hydrogens (tertiary/aromatic N) is 1. The van der Waals surface area contributed by atoms with Crippen LogP contribution in [0, 0.1) is 13.8 Å². The van der Waals surface area contributed by atoms with Gasteiger partial charge in [-0.1, -0.05) is 6.07 Å². The Balaban J connectivity index is 2.75. The normalized spacial score (nSPS) is 13.7. The fourth-order valence-electron chi connectivity index (χ4n) is 2.25. The summed E-state index contributed by atoms with van der Waals surface area (Å²) in [5, 5.41) is 3.06. The summed E-state index contributed by atoms with van der Waals surface area (Å²) in [6.07, 6.45) is 0.680. The minimum atomic E-state index is -0.651. The number of carbonyl (C=O) groups is 1. The highest BCUT2D eigenvalue weighted by molar-refractivity contribution is 5.80. The Morgan fingerprint density at radius 1 is 1.30 bits per heavy atom. The molecule has 4 heteroatoms. The average Bonchev–Trinajstić information content (AvgIpc) is 2.42. The average molecular weight is 278 g/mol. The second-order valence-corrected chi connectivity index (χ2v) is 5.59. The highest BCUT2D eigenvalue weighted by Gasteiger charge is 2.32. The molecule has 1 rings (SSSR count). The van der Waals surface area contributed by atoms with E-state index in [9.17, 15) is 4.79 Å². The van der Waals surface area contributed by atoms with E-state index >= 15 is 0 Å². The van der Waals surface area contributed by atoms with Gasteiger partial charge in [0.1, 0.15) is 5.54 Å². The zero-order valence-electron chi connectivity index (χ0n) is 13.4. The molecule has 4 nitrogen and oxygen atoms in total. The SMILES string of the molecule is CNC(C)(CCN(C)c1cc(C)cc(C)c1)C(=O)OC. The Morgan fingerprint density at radius 2 is 1.85 bits per heavy atom. The number of rotatable bonds is 6. The molecule has 1 aromatic rings. The van der Waals surface area contributed by atoms with Crippen molar-refractivity contribution in [2.75, 3.05) is 32.6 Å². The Kier molecular flexibility index (Phi) is 5.57. The van der Waals surface area contributed by atoms with Crippen LogP contribution in [0.25, 0.3) is 0 Å². The number of esters is 1. The van der Waals surface area contributed by atoms with Gasteiger partial charge in [0.2, 0.25) is 0 Å². The Hall–Kier alpha value is -1.55. The number of anilines is 1. The number of ether oxygens (including phenoxy) is 1. The maximum Gasteiger partial charge on any atom is 0.325 e. The first-order valence-corrected chi connectivity index (χ1v) is 6.89. The van der Waals surface area contributed by atoms with Crippen molar-refractivity contribution in [3.8, 4) is 0 Å². The van der Waals surface area contributed by atoms with E-state index in [4.69, 9.17) is 4.74 Å². The van der Waals surface area contributed by atoms with Crippen LogP contribution in [-0.2, 0) is 9.53 Å². The van der Waals surface area contributed by atoms with Crippen molar-refractivity contribution in [1.82, 2.24) is 5.32 Å². The van der Waals surface area contributed by atoms with Gasteiger partial charge >= 0.3 is 5.97 Å². The number of likely N-dealkylation sites (N-methyl/N-ethyl adjacent to an activating group) is 1. The molecule has 0 aliphatic rings. The zero-order chi connectivity index (χ0) is 15.3. The maximum absolute atomic E-state index is 11.8. The molecule has 0 spiro atoms. The van der Waals surface area contributed by atoms with Gasteiger partial charge < -0.3 is 15.0 Å². The summed E-state index contributed by atoms with van der Waals surface area (Å²) in [5.74, 6) is -0.228. The molecule has 0 saturated heterocycles. The van der Waals surface area contributed by atoms with E-state index in [0.717, 1.165) is 6.54 Å². The molecule has 0 aliphatic carbocycles. The predicted molar refractivity (Wildman–Crippen MR) is 83.3 cm³/mol. The molecule has 0 fully saturated rings. The van der Waals surface area contributed by atoms with Crippen molar-refractivity contribution in [1.29, 1.82) is 0 Å². The molecule has 0 heterocycles. The molecule has 0 radical (unpaired) electrons. The van der Waals surface area contributed by atoms with Crippen LogP contribution in [0.2, 0.25) is 0 Å². The van der Waals surface area contributed by atoms with Gasteiger partial charge in [-0.15, -0.1) is 0 Å². The molecule has 1 atom stereocenters. The van der Waals surface area contributed by atoms with Crippen molar-refractivity contribution >= 4 is 11.7 Å². The third-order valence-corrected chi connectivity index (χ3v) is 3.78. The Labute approximate surface area is 122 Å². The van der Waals surface area contributed by atoms with Crippen LogP contribution in [-0.4, -0.2) is 39.3 Å². The summed E-state index contributed by atoms with van der Waals surface area (Å²) in [5.41, 5.74) is 3.01. The van der Waals surface area contributed by atoms with Crippen LogP contribution in [0.3, 0.4) is 0 Å². The number of nitrogens with one attached hydrogen (secondary N) is 1. The molecular formula is C16H26N2O2.